The van der Waals surface area contributed by atoms with Crippen molar-refractivity contribution in [3.63, 3.8) is 0 Å². The summed E-state index contributed by atoms with van der Waals surface area (Å²) in [6, 6.07) is 5.49. The second-order valence-electron chi connectivity index (χ2n) is 5.57. The van der Waals surface area contributed by atoms with Crippen molar-refractivity contribution in [1.82, 2.24) is 10.4 Å². The lowest BCUT2D eigenvalue weighted by Crippen LogP contribution is -2.18. The first-order valence-electron chi connectivity index (χ1n) is 7.70. The van der Waals surface area contributed by atoms with Crippen LogP contribution in [0.3, 0.4) is 0 Å². The average molecular weight is 345 g/mol. The summed E-state index contributed by atoms with van der Waals surface area (Å²) < 4.78 is 11.1. The number of amides is 1. The maximum absolute atomic E-state index is 11.5. The van der Waals surface area contributed by atoms with Gasteiger partial charge in [0.25, 0.3) is 0 Å². The highest BCUT2D eigenvalue weighted by Crippen LogP contribution is 2.29. The van der Waals surface area contributed by atoms with Crippen molar-refractivity contribution in [2.45, 2.75) is 26.4 Å². The number of ether oxygens (including phenoxy) is 2. The van der Waals surface area contributed by atoms with E-state index in [0.717, 1.165) is 29.1 Å². The summed E-state index contributed by atoms with van der Waals surface area (Å²) in [4.78, 5) is 15.9. The Morgan fingerprint density at radius 3 is 2.96 bits per heavy atom. The number of methoxy groups -OCH3 is 1. The highest BCUT2D eigenvalue weighted by atomic mass is 32.1. The van der Waals surface area contributed by atoms with Gasteiger partial charge in [-0.3, -0.25) is 4.79 Å². The van der Waals surface area contributed by atoms with Gasteiger partial charge in [0.1, 0.15) is 6.61 Å². The van der Waals surface area contributed by atoms with Gasteiger partial charge in [-0.1, -0.05) is 0 Å². The molecule has 126 valence electrons. The Kier molecular flexibility index (Phi) is 5.10. The number of carbonyl (C=O) groups excluding carboxylic acids is 1. The molecule has 6 nitrogen and oxygen atoms in total. The van der Waals surface area contributed by atoms with Crippen molar-refractivity contribution in [3.8, 4) is 11.5 Å². The van der Waals surface area contributed by atoms with Crippen LogP contribution in [0.15, 0.2) is 28.7 Å². The SMILES string of the molecule is COc1cc(/C=N\NC(=O)C2CC2)ccc1OCc1csc(C)n1. The van der Waals surface area contributed by atoms with E-state index < -0.39 is 0 Å². The molecule has 1 saturated carbocycles. The highest BCUT2D eigenvalue weighted by Gasteiger charge is 2.29. The number of rotatable bonds is 7. The Morgan fingerprint density at radius 2 is 2.29 bits per heavy atom. The maximum Gasteiger partial charge on any atom is 0.243 e. The molecule has 1 aromatic heterocycles. The first-order valence-corrected chi connectivity index (χ1v) is 8.58. The summed E-state index contributed by atoms with van der Waals surface area (Å²) in [6.45, 7) is 2.36. The van der Waals surface area contributed by atoms with Crippen LogP contribution in [-0.2, 0) is 11.4 Å². The summed E-state index contributed by atoms with van der Waals surface area (Å²) in [5.74, 6) is 1.38. The number of thiazole rings is 1. The molecule has 1 aliphatic carbocycles. The number of hydrazone groups is 1. The number of hydrogen-bond acceptors (Lipinski definition) is 6. The van der Waals surface area contributed by atoms with Crippen molar-refractivity contribution in [3.05, 3.63) is 39.8 Å². The fraction of sp³-hybridized carbons (Fsp3) is 0.353. The van der Waals surface area contributed by atoms with Crippen LogP contribution in [0.2, 0.25) is 0 Å². The number of nitrogens with one attached hydrogen (secondary N) is 1. The van der Waals surface area contributed by atoms with Crippen LogP contribution in [0, 0.1) is 12.8 Å². The lowest BCUT2D eigenvalue weighted by Gasteiger charge is -2.10. The summed E-state index contributed by atoms with van der Waals surface area (Å²) in [6.07, 6.45) is 3.51. The fourth-order valence-corrected chi connectivity index (χ4v) is 2.71. The minimum absolute atomic E-state index is 0.0169. The van der Waals surface area contributed by atoms with Gasteiger partial charge >= 0.3 is 0 Å². The van der Waals surface area contributed by atoms with E-state index in [1.807, 2.05) is 30.5 Å². The molecule has 1 aromatic carbocycles. The van der Waals surface area contributed by atoms with Crippen molar-refractivity contribution in [2.75, 3.05) is 7.11 Å². The Labute approximate surface area is 144 Å². The van der Waals surface area contributed by atoms with E-state index in [1.165, 1.54) is 0 Å². The predicted molar refractivity (Wildman–Crippen MR) is 92.6 cm³/mol. The van der Waals surface area contributed by atoms with Crippen LogP contribution in [0.5, 0.6) is 11.5 Å². The third-order valence-corrected chi connectivity index (χ3v) is 4.39. The van der Waals surface area contributed by atoms with Crippen molar-refractivity contribution in [1.29, 1.82) is 0 Å². The molecule has 0 unspecified atom stereocenters. The Hall–Kier alpha value is -2.41. The molecule has 0 aliphatic heterocycles. The number of benzene rings is 1. The average Bonchev–Trinajstić information content (AvgIpc) is 3.36. The summed E-state index contributed by atoms with van der Waals surface area (Å²) >= 11 is 1.60. The minimum atomic E-state index is -0.0169. The first kappa shape index (κ1) is 16.4. The third kappa shape index (κ3) is 4.32. The van der Waals surface area contributed by atoms with Crippen LogP contribution in [0.1, 0.15) is 29.1 Å². The molecule has 0 saturated heterocycles. The smallest absolute Gasteiger partial charge is 0.243 e. The normalized spacial score (nSPS) is 13.9. The van der Waals surface area contributed by atoms with Gasteiger partial charge in [0, 0.05) is 11.3 Å². The van der Waals surface area contributed by atoms with E-state index >= 15 is 0 Å². The van der Waals surface area contributed by atoms with E-state index in [0.29, 0.717) is 18.1 Å². The number of nitrogens with zero attached hydrogens (tertiary/aromatic N) is 2. The number of hydrogen-bond donors (Lipinski definition) is 1. The molecule has 0 spiro atoms. The van der Waals surface area contributed by atoms with Gasteiger partial charge in [0.2, 0.25) is 5.91 Å². The van der Waals surface area contributed by atoms with E-state index in [1.54, 1.807) is 24.7 Å². The van der Waals surface area contributed by atoms with E-state index in [9.17, 15) is 4.79 Å². The van der Waals surface area contributed by atoms with E-state index in [2.05, 4.69) is 15.5 Å². The molecule has 1 N–H and O–H groups in total. The maximum atomic E-state index is 11.5. The molecule has 0 bridgehead atoms. The zero-order valence-corrected chi connectivity index (χ0v) is 14.4. The summed E-state index contributed by atoms with van der Waals surface area (Å²) in [5.41, 5.74) is 4.26. The van der Waals surface area contributed by atoms with E-state index in [4.69, 9.17) is 9.47 Å². The molecular weight excluding hydrogens is 326 g/mol. The van der Waals surface area contributed by atoms with Crippen molar-refractivity contribution >= 4 is 23.5 Å². The van der Waals surface area contributed by atoms with Crippen LogP contribution in [0.4, 0.5) is 0 Å². The summed E-state index contributed by atoms with van der Waals surface area (Å²) in [7, 11) is 1.59. The quantitative estimate of drug-likeness (QED) is 0.619. The molecule has 2 aromatic rings. The van der Waals surface area contributed by atoms with Gasteiger partial charge < -0.3 is 9.47 Å². The largest absolute Gasteiger partial charge is 0.493 e. The number of carbonyl (C=O) groups is 1. The third-order valence-electron chi connectivity index (χ3n) is 3.57. The Morgan fingerprint density at radius 1 is 1.46 bits per heavy atom. The molecular formula is C17H19N3O3S. The zero-order chi connectivity index (χ0) is 16.9. The lowest BCUT2D eigenvalue weighted by atomic mass is 10.2. The second kappa shape index (κ2) is 7.44. The molecule has 1 fully saturated rings. The van der Waals surface area contributed by atoms with Crippen molar-refractivity contribution < 1.29 is 14.3 Å². The lowest BCUT2D eigenvalue weighted by molar-refractivity contribution is -0.122. The summed E-state index contributed by atoms with van der Waals surface area (Å²) in [5, 5.41) is 6.97. The zero-order valence-electron chi connectivity index (χ0n) is 13.6. The Bertz CT molecular complexity index is 753. The van der Waals surface area contributed by atoms with Gasteiger partial charge in [-0.15, -0.1) is 11.3 Å². The van der Waals surface area contributed by atoms with Gasteiger partial charge in [0.15, 0.2) is 11.5 Å². The monoisotopic (exact) mass is 345 g/mol. The molecule has 7 heteroatoms. The molecule has 1 amide bonds. The standard InChI is InChI=1S/C17H19N3O3S/c1-11-19-14(10-24-11)9-23-15-6-3-12(7-16(15)22-2)8-18-20-17(21)13-4-5-13/h3,6-8,10,13H,4-5,9H2,1-2H3,(H,20,21)/b18-8-. The topological polar surface area (TPSA) is 72.8 Å². The number of aryl methyl sites for hydroxylation is 1. The van der Waals surface area contributed by atoms with Gasteiger partial charge in [0.05, 0.1) is 24.0 Å². The predicted octanol–water partition coefficient (Wildman–Crippen LogP) is 2.90. The fourth-order valence-electron chi connectivity index (χ4n) is 2.12. The Balaban J connectivity index is 1.61. The second-order valence-corrected chi connectivity index (χ2v) is 6.63. The molecule has 24 heavy (non-hydrogen) atoms. The van der Waals surface area contributed by atoms with Gasteiger partial charge in [-0.05, 0) is 43.5 Å². The molecule has 0 radical (unpaired) electrons. The number of aromatic nitrogens is 1. The van der Waals surface area contributed by atoms with E-state index in [-0.39, 0.29) is 11.8 Å². The van der Waals surface area contributed by atoms with Crippen molar-refractivity contribution in [2.24, 2.45) is 11.0 Å². The van der Waals surface area contributed by atoms with Crippen LogP contribution in [-0.4, -0.2) is 24.2 Å². The van der Waals surface area contributed by atoms with Gasteiger partial charge in [-0.25, -0.2) is 10.4 Å². The van der Waals surface area contributed by atoms with Crippen LogP contribution >= 0.6 is 11.3 Å². The molecule has 0 atom stereocenters. The van der Waals surface area contributed by atoms with Gasteiger partial charge in [-0.2, -0.15) is 5.10 Å². The molecule has 1 heterocycles. The van der Waals surface area contributed by atoms with Crippen LogP contribution in [0.25, 0.3) is 0 Å². The molecule has 3 rings (SSSR count). The molecule has 1 aliphatic rings. The van der Waals surface area contributed by atoms with Crippen LogP contribution < -0.4 is 14.9 Å². The minimum Gasteiger partial charge on any atom is -0.493 e. The first-order chi connectivity index (χ1) is 11.7. The highest BCUT2D eigenvalue weighted by molar-refractivity contribution is 7.09.